The van der Waals surface area contributed by atoms with Crippen LogP contribution in [0.3, 0.4) is 0 Å². The van der Waals surface area contributed by atoms with Gasteiger partial charge in [-0.15, -0.1) is 0 Å². The van der Waals surface area contributed by atoms with Gasteiger partial charge in [-0.25, -0.2) is 9.59 Å². The number of carboxylic acid groups (broad SMARTS) is 1. The van der Waals surface area contributed by atoms with Crippen molar-refractivity contribution < 1.29 is 43.5 Å². The highest BCUT2D eigenvalue weighted by Gasteiger charge is 2.27. The van der Waals surface area contributed by atoms with Crippen molar-refractivity contribution in [2.75, 3.05) is 31.9 Å². The molecule has 2 aromatic carbocycles. The lowest BCUT2D eigenvalue weighted by atomic mass is 10.0. The molecule has 0 unspecified atom stereocenters. The molecule has 0 saturated carbocycles. The first-order valence-electron chi connectivity index (χ1n) is 10.2. The fraction of sp³-hybridized carbons (Fsp3) is 0.304. The van der Waals surface area contributed by atoms with Crippen molar-refractivity contribution in [3.63, 3.8) is 0 Å². The van der Waals surface area contributed by atoms with Gasteiger partial charge >= 0.3 is 12.1 Å². The number of carbonyl (C=O) groups excluding carboxylic acids is 1. The van der Waals surface area contributed by atoms with Crippen LogP contribution >= 0.6 is 0 Å². The van der Waals surface area contributed by atoms with Crippen molar-refractivity contribution in [3.05, 3.63) is 60.2 Å². The van der Waals surface area contributed by atoms with E-state index in [0.717, 1.165) is 6.08 Å². The van der Waals surface area contributed by atoms with Crippen molar-refractivity contribution in [2.45, 2.75) is 19.1 Å². The minimum atomic E-state index is -1.16. The Bertz CT molecular complexity index is 992. The molecule has 10 nitrogen and oxygen atoms in total. The number of anilines is 1. The minimum Gasteiger partial charge on any atom is -0.491 e. The molecular formula is C23H25NO9. The van der Waals surface area contributed by atoms with Crippen molar-refractivity contribution in [3.8, 4) is 17.2 Å². The third kappa shape index (κ3) is 6.86. The molecule has 33 heavy (non-hydrogen) atoms. The maximum Gasteiger partial charge on any atom is 0.412 e. The van der Waals surface area contributed by atoms with Crippen LogP contribution in [0, 0.1) is 0 Å². The zero-order valence-electron chi connectivity index (χ0n) is 17.9. The fourth-order valence-corrected chi connectivity index (χ4v) is 3.12. The highest BCUT2D eigenvalue weighted by molar-refractivity contribution is 5.85. The summed E-state index contributed by atoms with van der Waals surface area (Å²) in [4.78, 5) is 23.8. The van der Waals surface area contributed by atoms with E-state index in [-0.39, 0.29) is 26.6 Å². The second-order valence-corrected chi connectivity index (χ2v) is 6.78. The number of ether oxygens (including phenoxy) is 5. The van der Waals surface area contributed by atoms with Gasteiger partial charge in [0.05, 0.1) is 6.61 Å². The van der Waals surface area contributed by atoms with Crippen LogP contribution in [0.1, 0.15) is 18.6 Å². The second-order valence-electron chi connectivity index (χ2n) is 6.78. The van der Waals surface area contributed by atoms with Crippen LogP contribution in [0.15, 0.2) is 54.6 Å². The van der Waals surface area contributed by atoms with Crippen LogP contribution in [0.4, 0.5) is 10.5 Å². The lowest BCUT2D eigenvalue weighted by Gasteiger charge is -2.25. The van der Waals surface area contributed by atoms with Crippen LogP contribution in [0.5, 0.6) is 17.2 Å². The van der Waals surface area contributed by atoms with Gasteiger partial charge in [0.2, 0.25) is 6.79 Å². The summed E-state index contributed by atoms with van der Waals surface area (Å²) in [6.45, 7) is 2.02. The molecule has 3 rings (SSSR count). The summed E-state index contributed by atoms with van der Waals surface area (Å²) in [7, 11) is 0. The van der Waals surface area contributed by atoms with Gasteiger partial charge in [-0.3, -0.25) is 5.32 Å². The van der Waals surface area contributed by atoms with E-state index in [1.165, 1.54) is 6.08 Å². The summed E-state index contributed by atoms with van der Waals surface area (Å²) in [5, 5.41) is 20.7. The number of hydrogen-bond acceptors (Lipinski definition) is 8. The summed E-state index contributed by atoms with van der Waals surface area (Å²) in [5.41, 5.74) is 0.942. The Morgan fingerprint density at radius 3 is 2.76 bits per heavy atom. The molecule has 0 aliphatic carbocycles. The third-order valence-corrected chi connectivity index (χ3v) is 4.49. The summed E-state index contributed by atoms with van der Waals surface area (Å²) in [6.07, 6.45) is -0.424. The molecule has 1 amide bonds. The normalized spacial score (nSPS) is 14.0. The van der Waals surface area contributed by atoms with E-state index in [1.54, 1.807) is 49.4 Å². The molecule has 10 heteroatoms. The number of rotatable bonds is 11. The monoisotopic (exact) mass is 459 g/mol. The van der Waals surface area contributed by atoms with E-state index in [2.05, 4.69) is 5.32 Å². The highest BCUT2D eigenvalue weighted by Crippen LogP contribution is 2.34. The summed E-state index contributed by atoms with van der Waals surface area (Å²) in [5.74, 6) is 0.350. The Labute approximate surface area is 190 Å². The second kappa shape index (κ2) is 11.7. The first-order valence-corrected chi connectivity index (χ1v) is 10.2. The summed E-state index contributed by atoms with van der Waals surface area (Å²) < 4.78 is 27.4. The first-order chi connectivity index (χ1) is 16.0. The summed E-state index contributed by atoms with van der Waals surface area (Å²) in [6, 6.07) is 11.6. The van der Waals surface area contributed by atoms with Crippen LogP contribution in [0.25, 0.3) is 0 Å². The fourth-order valence-electron chi connectivity index (χ4n) is 3.12. The topological polar surface area (TPSA) is 133 Å². The van der Waals surface area contributed by atoms with Gasteiger partial charge in [0.1, 0.15) is 18.5 Å². The molecule has 2 aromatic rings. The summed E-state index contributed by atoms with van der Waals surface area (Å²) >= 11 is 0. The molecule has 0 radical (unpaired) electrons. The van der Waals surface area contributed by atoms with Crippen LogP contribution in [0.2, 0.25) is 0 Å². The van der Waals surface area contributed by atoms with E-state index < -0.39 is 24.3 Å². The van der Waals surface area contributed by atoms with Gasteiger partial charge in [0.15, 0.2) is 17.6 Å². The largest absolute Gasteiger partial charge is 0.491 e. The van der Waals surface area contributed by atoms with Crippen LogP contribution in [-0.4, -0.2) is 55.0 Å². The van der Waals surface area contributed by atoms with Gasteiger partial charge in [-0.1, -0.05) is 12.1 Å². The van der Waals surface area contributed by atoms with E-state index >= 15 is 0 Å². The number of carbonyl (C=O) groups is 2. The lowest BCUT2D eigenvalue weighted by Crippen LogP contribution is -2.28. The number of aliphatic hydroxyl groups is 1. The Morgan fingerprint density at radius 2 is 2.00 bits per heavy atom. The van der Waals surface area contributed by atoms with Crippen LogP contribution in [-0.2, 0) is 14.3 Å². The van der Waals surface area contributed by atoms with E-state index in [9.17, 15) is 9.59 Å². The number of amides is 1. The number of aliphatic hydroxyl groups excluding tert-OH is 1. The zero-order valence-corrected chi connectivity index (χ0v) is 17.9. The van der Waals surface area contributed by atoms with Gasteiger partial charge < -0.3 is 33.9 Å². The Balaban J connectivity index is 1.83. The maximum atomic E-state index is 12.7. The smallest absolute Gasteiger partial charge is 0.412 e. The predicted molar refractivity (Wildman–Crippen MR) is 117 cm³/mol. The van der Waals surface area contributed by atoms with E-state index in [4.69, 9.17) is 33.9 Å². The van der Waals surface area contributed by atoms with Gasteiger partial charge in [-0.05, 0) is 42.8 Å². The van der Waals surface area contributed by atoms with Gasteiger partial charge in [0, 0.05) is 24.4 Å². The number of nitrogens with one attached hydrogen (secondary N) is 1. The third-order valence-electron chi connectivity index (χ3n) is 4.49. The van der Waals surface area contributed by atoms with Crippen molar-refractivity contribution in [1.29, 1.82) is 0 Å². The number of hydrogen-bond donors (Lipinski definition) is 3. The van der Waals surface area contributed by atoms with Gasteiger partial charge in [0.25, 0.3) is 0 Å². The molecule has 1 heterocycles. The Kier molecular flexibility index (Phi) is 8.50. The number of benzene rings is 2. The van der Waals surface area contributed by atoms with Crippen molar-refractivity contribution in [1.82, 2.24) is 0 Å². The number of fused-ring (bicyclic) bond motifs is 1. The quantitative estimate of drug-likeness (QED) is 0.434. The molecule has 1 aliphatic rings. The molecule has 0 saturated heterocycles. The molecule has 0 aromatic heterocycles. The maximum absolute atomic E-state index is 12.7. The van der Waals surface area contributed by atoms with E-state index in [1.807, 2.05) is 0 Å². The number of aliphatic carboxylic acids is 1. The molecule has 0 bridgehead atoms. The Morgan fingerprint density at radius 1 is 1.18 bits per heavy atom. The minimum absolute atomic E-state index is 0.0907. The molecule has 176 valence electrons. The predicted octanol–water partition coefficient (Wildman–Crippen LogP) is 3.12. The van der Waals surface area contributed by atoms with Crippen LogP contribution < -0.4 is 19.5 Å². The van der Waals surface area contributed by atoms with Crippen molar-refractivity contribution >= 4 is 17.7 Å². The zero-order chi connectivity index (χ0) is 23.6. The molecular weight excluding hydrogens is 434 g/mol. The van der Waals surface area contributed by atoms with E-state index in [0.29, 0.717) is 28.5 Å². The van der Waals surface area contributed by atoms with Crippen molar-refractivity contribution in [2.24, 2.45) is 0 Å². The lowest BCUT2D eigenvalue weighted by molar-refractivity contribution is -0.131. The average Bonchev–Trinajstić information content (AvgIpc) is 3.27. The molecule has 1 aliphatic heterocycles. The Hall–Kier alpha value is -3.76. The molecule has 3 N–H and O–H groups in total. The molecule has 2 atom stereocenters. The first kappa shape index (κ1) is 23.9. The SMILES string of the molecule is CCO[C@@H](/C=C/C(=O)O)[C@@H](OC(=O)Nc1ccc2c(c1)OCO2)c1cccc(OCCO)c1. The molecule has 0 fully saturated rings. The standard InChI is InChI=1S/C23H25NO9/c1-2-29-19(8-9-21(26)27)22(15-4-3-5-17(12-15)30-11-10-25)33-23(28)24-16-6-7-18-20(13-16)32-14-31-18/h3-9,12-13,19,22,25H,2,10-11,14H2,1H3,(H,24,28)(H,26,27)/b9-8+/t19-,22-/m0/s1. The average molecular weight is 459 g/mol. The highest BCUT2D eigenvalue weighted by atomic mass is 16.7. The van der Waals surface area contributed by atoms with Gasteiger partial charge in [-0.2, -0.15) is 0 Å². The molecule has 0 spiro atoms. The number of carboxylic acids is 1.